The lowest BCUT2D eigenvalue weighted by Gasteiger charge is -2.29. The van der Waals surface area contributed by atoms with E-state index in [2.05, 4.69) is 25.7 Å². The molecule has 2 aliphatic rings. The number of hydrogen-bond acceptors (Lipinski definition) is 5. The number of aliphatic carboxylic acids is 1. The summed E-state index contributed by atoms with van der Waals surface area (Å²) in [4.78, 5) is 30.0. The first kappa shape index (κ1) is 26.3. The van der Waals surface area contributed by atoms with E-state index >= 15 is 0 Å². The van der Waals surface area contributed by atoms with Gasteiger partial charge in [0.1, 0.15) is 0 Å². The number of unbranched alkanes of at least 4 members (excludes halogenated alkanes) is 4. The van der Waals surface area contributed by atoms with Crippen LogP contribution in [0.3, 0.4) is 0 Å². The molecule has 7 heteroatoms. The molecule has 7 nitrogen and oxygen atoms in total. The maximum atomic E-state index is 13.4. The van der Waals surface area contributed by atoms with Crippen molar-refractivity contribution in [1.29, 1.82) is 0 Å². The molecule has 1 aromatic rings. The van der Waals surface area contributed by atoms with Crippen molar-refractivity contribution in [1.82, 2.24) is 9.80 Å². The van der Waals surface area contributed by atoms with Gasteiger partial charge in [-0.2, -0.15) is 0 Å². The molecule has 0 radical (unpaired) electrons. The lowest BCUT2D eigenvalue weighted by molar-refractivity contribution is -0.143. The van der Waals surface area contributed by atoms with E-state index in [0.717, 1.165) is 70.0 Å². The Balaban J connectivity index is 1.82. The van der Waals surface area contributed by atoms with Gasteiger partial charge in [0.05, 0.1) is 12.5 Å². The van der Waals surface area contributed by atoms with Gasteiger partial charge in [-0.25, -0.2) is 0 Å². The Kier molecular flexibility index (Phi) is 10.1. The first-order valence-electron chi connectivity index (χ1n) is 13.1. The summed E-state index contributed by atoms with van der Waals surface area (Å²) in [5.74, 6) is -0.0339. The van der Waals surface area contributed by atoms with Crippen molar-refractivity contribution in [3.05, 3.63) is 23.8 Å². The molecule has 2 heterocycles. The summed E-state index contributed by atoms with van der Waals surface area (Å²) in [5, 5.41) is 10.3. The monoisotopic (exact) mass is 474 g/mol. The molecule has 1 saturated heterocycles. The number of amides is 1. The fourth-order valence-electron chi connectivity index (χ4n) is 5.27. The second-order valence-corrected chi connectivity index (χ2v) is 9.66. The minimum Gasteiger partial charge on any atom is -0.481 e. The number of fused-ring (bicyclic) bond motifs is 1. The van der Waals surface area contributed by atoms with Gasteiger partial charge in [-0.05, 0) is 37.0 Å². The molecular weight excluding hydrogens is 432 g/mol. The summed E-state index contributed by atoms with van der Waals surface area (Å²) in [6.07, 6.45) is 8.00. The molecule has 0 bridgehead atoms. The molecule has 1 amide bonds. The molecule has 3 unspecified atom stereocenters. The molecule has 34 heavy (non-hydrogen) atoms. The van der Waals surface area contributed by atoms with Crippen LogP contribution in [-0.2, 0) is 9.59 Å². The topological polar surface area (TPSA) is 79.3 Å². The average Bonchev–Trinajstić information content (AvgIpc) is 3.43. The van der Waals surface area contributed by atoms with E-state index in [1.54, 1.807) is 0 Å². The van der Waals surface area contributed by atoms with E-state index in [-0.39, 0.29) is 31.2 Å². The molecule has 1 fully saturated rings. The Morgan fingerprint density at radius 3 is 2.32 bits per heavy atom. The predicted molar refractivity (Wildman–Crippen MR) is 132 cm³/mol. The molecule has 3 rings (SSSR count). The second kappa shape index (κ2) is 13.0. The van der Waals surface area contributed by atoms with E-state index in [0.29, 0.717) is 18.0 Å². The van der Waals surface area contributed by atoms with Gasteiger partial charge in [0.15, 0.2) is 11.5 Å². The van der Waals surface area contributed by atoms with Gasteiger partial charge in [-0.1, -0.05) is 58.9 Å². The number of carbonyl (C=O) groups is 2. The van der Waals surface area contributed by atoms with E-state index < -0.39 is 11.9 Å². The van der Waals surface area contributed by atoms with Gasteiger partial charge in [0.25, 0.3) is 0 Å². The number of benzene rings is 1. The molecule has 0 saturated carbocycles. The molecule has 1 N–H and O–H groups in total. The summed E-state index contributed by atoms with van der Waals surface area (Å²) in [7, 11) is 0. The van der Waals surface area contributed by atoms with Crippen molar-refractivity contribution in [2.75, 3.05) is 33.0 Å². The lowest BCUT2D eigenvalue weighted by Crippen LogP contribution is -2.44. The van der Waals surface area contributed by atoms with Crippen molar-refractivity contribution in [3.8, 4) is 11.5 Å². The Hall–Kier alpha value is -2.28. The Labute approximate surface area is 204 Å². The van der Waals surface area contributed by atoms with Crippen LogP contribution in [0.1, 0.15) is 83.6 Å². The van der Waals surface area contributed by atoms with Crippen molar-refractivity contribution in [2.24, 2.45) is 5.92 Å². The molecule has 0 aromatic heterocycles. The highest BCUT2D eigenvalue weighted by atomic mass is 16.7. The number of ether oxygens (including phenoxy) is 2. The van der Waals surface area contributed by atoms with Crippen LogP contribution in [0.25, 0.3) is 0 Å². The van der Waals surface area contributed by atoms with Gasteiger partial charge in [0.2, 0.25) is 12.7 Å². The smallest absolute Gasteiger partial charge is 0.308 e. The minimum absolute atomic E-state index is 0.123. The Bertz CT molecular complexity index is 806. The normalized spacial score (nSPS) is 21.7. The third-order valence-corrected chi connectivity index (χ3v) is 7.22. The highest BCUT2D eigenvalue weighted by Crippen LogP contribution is 2.43. The van der Waals surface area contributed by atoms with Gasteiger partial charge in [0, 0.05) is 31.6 Å². The number of carboxylic acids is 1. The maximum absolute atomic E-state index is 13.4. The van der Waals surface area contributed by atoms with E-state index in [1.165, 1.54) is 0 Å². The average molecular weight is 475 g/mol. The Morgan fingerprint density at radius 1 is 1.00 bits per heavy atom. The molecule has 0 aliphatic carbocycles. The minimum atomic E-state index is -0.784. The summed E-state index contributed by atoms with van der Waals surface area (Å²) in [5.41, 5.74) is 0.945. The number of carbonyl (C=O) groups excluding carboxylic acids is 1. The summed E-state index contributed by atoms with van der Waals surface area (Å²) in [6.45, 7) is 9.02. The molecule has 2 aliphatic heterocycles. The van der Waals surface area contributed by atoms with Gasteiger partial charge in [-0.3, -0.25) is 14.5 Å². The van der Waals surface area contributed by atoms with Crippen LogP contribution in [0, 0.1) is 5.92 Å². The van der Waals surface area contributed by atoms with Crippen LogP contribution >= 0.6 is 0 Å². The third-order valence-electron chi connectivity index (χ3n) is 7.22. The molecule has 1 aromatic carbocycles. The Morgan fingerprint density at radius 2 is 1.68 bits per heavy atom. The first-order chi connectivity index (χ1) is 16.5. The van der Waals surface area contributed by atoms with E-state index in [4.69, 9.17) is 9.47 Å². The number of likely N-dealkylation sites (tertiary alicyclic amines) is 1. The van der Waals surface area contributed by atoms with Crippen LogP contribution in [-0.4, -0.2) is 65.8 Å². The van der Waals surface area contributed by atoms with Crippen molar-refractivity contribution < 1.29 is 24.2 Å². The standard InChI is InChI=1S/C27H42N2O5/c1-4-7-10-11-22-26(27(31)32)21(20-12-13-23-24(16-20)34-19-33-23)17-29(22)18-25(30)28(14-8-5-2)15-9-6-3/h12-13,16,21-22,26H,4-11,14-15,17-19H2,1-3H3,(H,31,32). The number of hydrogen-bond donors (Lipinski definition) is 1. The second-order valence-electron chi connectivity index (χ2n) is 9.66. The molecular formula is C27H42N2O5. The van der Waals surface area contributed by atoms with Crippen LogP contribution in [0.4, 0.5) is 0 Å². The largest absolute Gasteiger partial charge is 0.481 e. The van der Waals surface area contributed by atoms with Crippen LogP contribution in [0.5, 0.6) is 11.5 Å². The van der Waals surface area contributed by atoms with Crippen molar-refractivity contribution >= 4 is 11.9 Å². The van der Waals surface area contributed by atoms with E-state index in [1.807, 2.05) is 23.1 Å². The van der Waals surface area contributed by atoms with Crippen LogP contribution in [0.2, 0.25) is 0 Å². The predicted octanol–water partition coefficient (Wildman–Crippen LogP) is 4.89. The zero-order valence-electron chi connectivity index (χ0n) is 21.1. The number of nitrogens with zero attached hydrogens (tertiary/aromatic N) is 2. The SMILES string of the molecule is CCCCCC1C(C(=O)O)C(c2ccc3c(c2)OCO3)CN1CC(=O)N(CCCC)CCCC. The lowest BCUT2D eigenvalue weighted by atomic mass is 9.83. The first-order valence-corrected chi connectivity index (χ1v) is 13.1. The van der Waals surface area contributed by atoms with Crippen LogP contribution in [0.15, 0.2) is 18.2 Å². The van der Waals surface area contributed by atoms with E-state index in [9.17, 15) is 14.7 Å². The highest BCUT2D eigenvalue weighted by Gasteiger charge is 2.47. The fraction of sp³-hybridized carbons (Fsp3) is 0.704. The summed E-state index contributed by atoms with van der Waals surface area (Å²) in [6, 6.07) is 5.60. The fourth-order valence-corrected chi connectivity index (χ4v) is 5.27. The number of rotatable bonds is 14. The zero-order valence-corrected chi connectivity index (χ0v) is 21.1. The van der Waals surface area contributed by atoms with Gasteiger partial charge in [-0.15, -0.1) is 0 Å². The van der Waals surface area contributed by atoms with Crippen molar-refractivity contribution in [2.45, 2.75) is 84.1 Å². The summed E-state index contributed by atoms with van der Waals surface area (Å²) >= 11 is 0. The van der Waals surface area contributed by atoms with Gasteiger partial charge < -0.3 is 19.5 Å². The van der Waals surface area contributed by atoms with Crippen molar-refractivity contribution in [3.63, 3.8) is 0 Å². The molecule has 3 atom stereocenters. The van der Waals surface area contributed by atoms with Crippen LogP contribution < -0.4 is 9.47 Å². The zero-order chi connectivity index (χ0) is 24.5. The maximum Gasteiger partial charge on any atom is 0.308 e. The van der Waals surface area contributed by atoms with Gasteiger partial charge >= 0.3 is 5.97 Å². The number of carboxylic acid groups (broad SMARTS) is 1. The summed E-state index contributed by atoms with van der Waals surface area (Å²) < 4.78 is 11.0. The molecule has 0 spiro atoms. The highest BCUT2D eigenvalue weighted by molar-refractivity contribution is 5.79. The third kappa shape index (κ3) is 6.44. The quantitative estimate of drug-likeness (QED) is 0.387. The molecule has 190 valence electrons.